The summed E-state index contributed by atoms with van der Waals surface area (Å²) in [6.45, 7) is 1.89. The molecule has 5 rings (SSSR count). The van der Waals surface area contributed by atoms with Crippen LogP contribution >= 0.6 is 11.6 Å². The van der Waals surface area contributed by atoms with Crippen LogP contribution in [0.5, 0.6) is 5.75 Å². The van der Waals surface area contributed by atoms with Gasteiger partial charge in [-0.25, -0.2) is 4.98 Å². The third-order valence-electron chi connectivity index (χ3n) is 5.62. The first-order chi connectivity index (χ1) is 15.6. The minimum Gasteiger partial charge on any atom is -0.495 e. The SMILES string of the molecule is COc1ccccc1NC(=O)C1=C(C)Nc2nc3ccccc3n2[C@H]1c1ccc(Cl)cc1. The van der Waals surface area contributed by atoms with Crippen LogP contribution in [-0.4, -0.2) is 22.6 Å². The number of amides is 1. The number of para-hydroxylation sites is 4. The largest absolute Gasteiger partial charge is 0.495 e. The highest BCUT2D eigenvalue weighted by Gasteiger charge is 2.34. The number of hydrogen-bond donors (Lipinski definition) is 2. The van der Waals surface area contributed by atoms with Crippen molar-refractivity contribution >= 4 is 40.2 Å². The molecule has 1 aliphatic heterocycles. The number of nitrogens with zero attached hydrogens (tertiary/aromatic N) is 2. The summed E-state index contributed by atoms with van der Waals surface area (Å²) in [4.78, 5) is 18.4. The highest BCUT2D eigenvalue weighted by molar-refractivity contribution is 6.30. The Morgan fingerprint density at radius 1 is 1.06 bits per heavy atom. The second kappa shape index (κ2) is 8.05. The van der Waals surface area contributed by atoms with Crippen LogP contribution in [0.2, 0.25) is 5.02 Å². The van der Waals surface area contributed by atoms with E-state index in [1.165, 1.54) is 0 Å². The normalized spacial score (nSPS) is 15.3. The topological polar surface area (TPSA) is 68.2 Å². The Balaban J connectivity index is 1.66. The van der Waals surface area contributed by atoms with Crippen LogP contribution in [-0.2, 0) is 4.79 Å². The molecule has 2 N–H and O–H groups in total. The lowest BCUT2D eigenvalue weighted by atomic mass is 9.94. The lowest BCUT2D eigenvalue weighted by Crippen LogP contribution is -2.31. The molecule has 0 bridgehead atoms. The van der Waals surface area contributed by atoms with E-state index < -0.39 is 0 Å². The van der Waals surface area contributed by atoms with Crippen LogP contribution in [0.4, 0.5) is 11.6 Å². The zero-order chi connectivity index (χ0) is 22.2. The van der Waals surface area contributed by atoms with Gasteiger partial charge in [0, 0.05) is 10.7 Å². The zero-order valence-electron chi connectivity index (χ0n) is 17.6. The molecule has 2 heterocycles. The number of carbonyl (C=O) groups is 1. The number of aromatic nitrogens is 2. The fourth-order valence-electron chi connectivity index (χ4n) is 4.16. The van der Waals surface area contributed by atoms with Crippen molar-refractivity contribution in [2.45, 2.75) is 13.0 Å². The number of carbonyl (C=O) groups excluding carboxylic acids is 1. The average Bonchev–Trinajstić information content (AvgIpc) is 3.17. The fourth-order valence-corrected chi connectivity index (χ4v) is 4.28. The number of hydrogen-bond acceptors (Lipinski definition) is 4. The molecule has 0 radical (unpaired) electrons. The molecule has 160 valence electrons. The Morgan fingerprint density at radius 3 is 2.56 bits per heavy atom. The van der Waals surface area contributed by atoms with Gasteiger partial charge in [0.15, 0.2) is 0 Å². The second-order valence-electron chi connectivity index (χ2n) is 7.57. The Bertz CT molecular complexity index is 1360. The summed E-state index contributed by atoms with van der Waals surface area (Å²) < 4.78 is 7.47. The smallest absolute Gasteiger partial charge is 0.255 e. The molecule has 4 aromatic rings. The third kappa shape index (κ3) is 3.39. The van der Waals surface area contributed by atoms with Crippen molar-refractivity contribution in [2.75, 3.05) is 17.7 Å². The van der Waals surface area contributed by atoms with Crippen molar-refractivity contribution in [2.24, 2.45) is 0 Å². The maximum atomic E-state index is 13.6. The summed E-state index contributed by atoms with van der Waals surface area (Å²) in [6.07, 6.45) is 0. The molecule has 0 fully saturated rings. The molecule has 7 heteroatoms. The predicted octanol–water partition coefficient (Wildman–Crippen LogP) is 5.63. The molecular weight excluding hydrogens is 424 g/mol. The standard InChI is InChI=1S/C25H21ClN4O2/c1-15-22(24(31)28-19-8-4-6-10-21(19)32-2)23(16-11-13-17(26)14-12-16)30-20-9-5-3-7-18(20)29-25(30)27-15/h3-14,23H,1-2H3,(H,27,29)(H,28,31)/t23-/m0/s1. The van der Waals surface area contributed by atoms with Crippen LogP contribution in [0.15, 0.2) is 84.1 Å². The molecule has 1 atom stereocenters. The summed E-state index contributed by atoms with van der Waals surface area (Å²) in [5, 5.41) is 6.98. The van der Waals surface area contributed by atoms with Crippen LogP contribution < -0.4 is 15.4 Å². The number of fused-ring (bicyclic) bond motifs is 3. The van der Waals surface area contributed by atoms with E-state index in [-0.39, 0.29) is 11.9 Å². The number of ether oxygens (including phenoxy) is 1. The molecule has 1 aliphatic rings. The van der Waals surface area contributed by atoms with Gasteiger partial charge in [-0.15, -0.1) is 0 Å². The first-order valence-electron chi connectivity index (χ1n) is 10.2. The highest BCUT2D eigenvalue weighted by Crippen LogP contribution is 2.40. The number of nitrogens with one attached hydrogen (secondary N) is 2. The highest BCUT2D eigenvalue weighted by atomic mass is 35.5. The van der Waals surface area contributed by atoms with E-state index in [9.17, 15) is 4.79 Å². The van der Waals surface area contributed by atoms with E-state index in [0.29, 0.717) is 28.0 Å². The molecule has 0 saturated carbocycles. The van der Waals surface area contributed by atoms with Crippen molar-refractivity contribution in [1.82, 2.24) is 9.55 Å². The van der Waals surface area contributed by atoms with Gasteiger partial charge >= 0.3 is 0 Å². The number of benzene rings is 3. The maximum Gasteiger partial charge on any atom is 0.255 e. The van der Waals surface area contributed by atoms with E-state index in [2.05, 4.69) is 15.2 Å². The van der Waals surface area contributed by atoms with E-state index in [1.807, 2.05) is 79.7 Å². The van der Waals surface area contributed by atoms with Crippen molar-refractivity contribution < 1.29 is 9.53 Å². The molecule has 6 nitrogen and oxygen atoms in total. The van der Waals surface area contributed by atoms with E-state index >= 15 is 0 Å². The molecule has 1 aromatic heterocycles. The van der Waals surface area contributed by atoms with E-state index in [1.54, 1.807) is 7.11 Å². The third-order valence-corrected chi connectivity index (χ3v) is 5.87. The molecule has 0 saturated heterocycles. The van der Waals surface area contributed by atoms with Gasteiger partial charge in [0.1, 0.15) is 5.75 Å². The fraction of sp³-hybridized carbons (Fsp3) is 0.120. The number of anilines is 2. The van der Waals surface area contributed by atoms with Gasteiger partial charge < -0.3 is 15.4 Å². The van der Waals surface area contributed by atoms with E-state index in [0.717, 1.165) is 22.3 Å². The average molecular weight is 445 g/mol. The molecule has 0 spiro atoms. The zero-order valence-corrected chi connectivity index (χ0v) is 18.4. The number of allylic oxidation sites excluding steroid dienone is 1. The molecular formula is C25H21ClN4O2. The van der Waals surface area contributed by atoms with Crippen molar-refractivity contribution in [3.63, 3.8) is 0 Å². The van der Waals surface area contributed by atoms with Gasteiger partial charge in [-0.3, -0.25) is 9.36 Å². The summed E-state index contributed by atoms with van der Waals surface area (Å²) in [6, 6.07) is 22.4. The van der Waals surface area contributed by atoms with Crippen LogP contribution in [0.3, 0.4) is 0 Å². The number of halogens is 1. The first kappa shape index (κ1) is 20.2. The molecule has 1 amide bonds. The van der Waals surface area contributed by atoms with Gasteiger partial charge in [-0.2, -0.15) is 0 Å². The van der Waals surface area contributed by atoms with Crippen LogP contribution in [0.1, 0.15) is 18.5 Å². The monoisotopic (exact) mass is 444 g/mol. The molecule has 3 aromatic carbocycles. The Morgan fingerprint density at radius 2 is 1.78 bits per heavy atom. The second-order valence-corrected chi connectivity index (χ2v) is 8.00. The van der Waals surface area contributed by atoms with Crippen molar-refractivity contribution in [3.8, 4) is 5.75 Å². The van der Waals surface area contributed by atoms with Gasteiger partial charge in [0.25, 0.3) is 5.91 Å². The van der Waals surface area contributed by atoms with E-state index in [4.69, 9.17) is 21.3 Å². The van der Waals surface area contributed by atoms with Gasteiger partial charge in [-0.05, 0) is 48.9 Å². The number of rotatable bonds is 4. The summed E-state index contributed by atoms with van der Waals surface area (Å²) in [5.74, 6) is 1.07. The minimum atomic E-state index is -0.384. The van der Waals surface area contributed by atoms with Crippen LogP contribution in [0, 0.1) is 0 Å². The number of methoxy groups -OCH3 is 1. The maximum absolute atomic E-state index is 13.6. The Labute approximate surface area is 190 Å². The van der Waals surface area contributed by atoms with Crippen molar-refractivity contribution in [3.05, 3.63) is 94.7 Å². The first-order valence-corrected chi connectivity index (χ1v) is 10.6. The summed E-state index contributed by atoms with van der Waals surface area (Å²) in [5.41, 5.74) is 4.66. The molecule has 32 heavy (non-hydrogen) atoms. The van der Waals surface area contributed by atoms with Crippen LogP contribution in [0.25, 0.3) is 11.0 Å². The van der Waals surface area contributed by atoms with Crippen molar-refractivity contribution in [1.29, 1.82) is 0 Å². The lowest BCUT2D eigenvalue weighted by molar-refractivity contribution is -0.113. The predicted molar refractivity (Wildman–Crippen MR) is 127 cm³/mol. The minimum absolute atomic E-state index is 0.220. The Hall–Kier alpha value is -3.77. The van der Waals surface area contributed by atoms with Gasteiger partial charge in [0.2, 0.25) is 5.95 Å². The Kier molecular flexibility index (Phi) is 5.07. The molecule has 0 unspecified atom stereocenters. The van der Waals surface area contributed by atoms with Gasteiger partial charge in [-0.1, -0.05) is 48.0 Å². The molecule has 0 aliphatic carbocycles. The number of imidazole rings is 1. The summed E-state index contributed by atoms with van der Waals surface area (Å²) >= 11 is 6.16. The quantitative estimate of drug-likeness (QED) is 0.428. The summed E-state index contributed by atoms with van der Waals surface area (Å²) in [7, 11) is 1.58. The lowest BCUT2D eigenvalue weighted by Gasteiger charge is -2.31. The van der Waals surface area contributed by atoms with Gasteiger partial charge in [0.05, 0.1) is 35.4 Å².